The lowest BCUT2D eigenvalue weighted by Crippen LogP contribution is -2.55. The Morgan fingerprint density at radius 2 is 1.88 bits per heavy atom. The number of nitrogens with two attached hydrogens (primary N) is 1. The van der Waals surface area contributed by atoms with Gasteiger partial charge in [0.05, 0.1) is 6.10 Å². The first-order chi connectivity index (χ1) is 12.7. The molecule has 1 saturated heterocycles. The fourth-order valence-electron chi connectivity index (χ4n) is 3.51. The van der Waals surface area contributed by atoms with Gasteiger partial charge in [0.2, 0.25) is 0 Å². The van der Waals surface area contributed by atoms with Crippen molar-refractivity contribution in [3.05, 3.63) is 96.0 Å². The van der Waals surface area contributed by atoms with Crippen LogP contribution in [0.15, 0.2) is 84.9 Å². The monoisotopic (exact) mass is 346 g/mol. The van der Waals surface area contributed by atoms with Crippen LogP contribution in [-0.4, -0.2) is 19.2 Å². The van der Waals surface area contributed by atoms with Crippen LogP contribution in [0, 0.1) is 0 Å². The topological polar surface area (TPSA) is 47.3 Å². The predicted molar refractivity (Wildman–Crippen MR) is 110 cm³/mol. The molecule has 1 aliphatic heterocycles. The molecule has 3 rings (SSSR count). The van der Waals surface area contributed by atoms with Crippen molar-refractivity contribution in [1.82, 2.24) is 5.23 Å². The Labute approximate surface area is 157 Å². The van der Waals surface area contributed by atoms with E-state index in [1.165, 1.54) is 11.1 Å². The van der Waals surface area contributed by atoms with Crippen molar-refractivity contribution in [3.63, 3.8) is 0 Å². The zero-order valence-corrected chi connectivity index (χ0v) is 15.3. The molecule has 3 unspecified atom stereocenters. The maximum atomic E-state index is 6.57. The van der Waals surface area contributed by atoms with Crippen LogP contribution in [0.3, 0.4) is 0 Å². The summed E-state index contributed by atoms with van der Waals surface area (Å²) >= 11 is 0. The molecular weight excluding hydrogens is 319 g/mol. The van der Waals surface area contributed by atoms with Crippen LogP contribution < -0.4 is 11.0 Å². The second-order valence-electron chi connectivity index (χ2n) is 6.77. The van der Waals surface area contributed by atoms with Gasteiger partial charge in [-0.2, -0.15) is 0 Å². The van der Waals surface area contributed by atoms with Gasteiger partial charge >= 0.3 is 7.05 Å². The third-order valence-corrected chi connectivity index (χ3v) is 5.00. The lowest BCUT2D eigenvalue weighted by Gasteiger charge is -2.38. The van der Waals surface area contributed by atoms with Crippen LogP contribution in [0.1, 0.15) is 30.5 Å². The minimum absolute atomic E-state index is 0.0263. The van der Waals surface area contributed by atoms with Crippen molar-refractivity contribution in [2.75, 3.05) is 0 Å². The molecule has 4 heteroatoms. The molecule has 1 heterocycles. The molecule has 2 aromatic rings. The molecule has 1 fully saturated rings. The minimum atomic E-state index is -0.191. The van der Waals surface area contributed by atoms with Crippen molar-refractivity contribution in [2.24, 2.45) is 5.73 Å². The van der Waals surface area contributed by atoms with Crippen LogP contribution in [0.25, 0.3) is 0 Å². The van der Waals surface area contributed by atoms with E-state index in [0.717, 1.165) is 18.3 Å². The van der Waals surface area contributed by atoms with Gasteiger partial charge in [0, 0.05) is 12.1 Å². The number of benzene rings is 2. The molecule has 3 N–H and O–H groups in total. The van der Waals surface area contributed by atoms with Gasteiger partial charge < -0.3 is 15.6 Å². The van der Waals surface area contributed by atoms with E-state index in [-0.39, 0.29) is 25.2 Å². The highest BCUT2D eigenvalue weighted by Gasteiger charge is 2.36. The van der Waals surface area contributed by atoms with Gasteiger partial charge in [-0.1, -0.05) is 79.4 Å². The first-order valence-corrected chi connectivity index (χ1v) is 9.26. The van der Waals surface area contributed by atoms with Crippen LogP contribution in [0.4, 0.5) is 0 Å². The van der Waals surface area contributed by atoms with Gasteiger partial charge in [-0.3, -0.25) is 0 Å². The molecule has 26 heavy (non-hydrogen) atoms. The quantitative estimate of drug-likeness (QED) is 0.617. The van der Waals surface area contributed by atoms with Gasteiger partial charge in [-0.15, -0.1) is 0 Å². The van der Waals surface area contributed by atoms with E-state index in [2.05, 4.69) is 60.3 Å². The zero-order valence-electron chi connectivity index (χ0n) is 15.3. The number of nitrogens with one attached hydrogen (secondary N) is 1. The van der Waals surface area contributed by atoms with Crippen molar-refractivity contribution in [1.29, 1.82) is 0 Å². The summed E-state index contributed by atoms with van der Waals surface area (Å²) in [5.41, 5.74) is 10.1. The number of hydrogen-bond donors (Lipinski definition) is 2. The Balaban J connectivity index is 1.80. The first-order valence-electron chi connectivity index (χ1n) is 9.26. The third-order valence-electron chi connectivity index (χ3n) is 5.00. The highest BCUT2D eigenvalue weighted by Crippen LogP contribution is 2.28. The lowest BCUT2D eigenvalue weighted by molar-refractivity contribution is 0.121. The fourth-order valence-corrected chi connectivity index (χ4v) is 3.51. The van der Waals surface area contributed by atoms with E-state index in [9.17, 15) is 0 Å². The Morgan fingerprint density at radius 3 is 2.50 bits per heavy atom. The predicted octanol–water partition coefficient (Wildman–Crippen LogP) is 3.84. The summed E-state index contributed by atoms with van der Waals surface area (Å²) in [7, 11) is -0.191. The second-order valence-corrected chi connectivity index (χ2v) is 6.77. The van der Waals surface area contributed by atoms with Gasteiger partial charge in [0.25, 0.3) is 0 Å². The normalized spacial score (nSPS) is 22.1. The first kappa shape index (κ1) is 18.6. The third kappa shape index (κ3) is 4.53. The van der Waals surface area contributed by atoms with Crippen molar-refractivity contribution < 1.29 is 4.65 Å². The summed E-state index contributed by atoms with van der Waals surface area (Å²) in [4.78, 5) is 0. The average Bonchev–Trinajstić information content (AvgIpc) is 2.70. The Morgan fingerprint density at radius 1 is 1.23 bits per heavy atom. The Kier molecular flexibility index (Phi) is 6.45. The minimum Gasteiger partial charge on any atom is -0.413 e. The highest BCUT2D eigenvalue weighted by atomic mass is 16.5. The maximum Gasteiger partial charge on any atom is 0.416 e. The summed E-state index contributed by atoms with van der Waals surface area (Å²) in [6.45, 7) is 5.93. The Hall–Kier alpha value is -2.14. The van der Waals surface area contributed by atoms with E-state index in [0.29, 0.717) is 0 Å². The van der Waals surface area contributed by atoms with Gasteiger partial charge in [0.15, 0.2) is 0 Å². The summed E-state index contributed by atoms with van der Waals surface area (Å²) < 4.78 is 6.34. The number of rotatable bonds is 6. The van der Waals surface area contributed by atoms with Crippen LogP contribution in [0.5, 0.6) is 0 Å². The van der Waals surface area contributed by atoms with E-state index >= 15 is 0 Å². The van der Waals surface area contributed by atoms with Crippen molar-refractivity contribution in [3.8, 4) is 0 Å². The lowest BCUT2D eigenvalue weighted by atomic mass is 9.68. The zero-order chi connectivity index (χ0) is 18.4. The number of hydrogen-bond acceptors (Lipinski definition) is 3. The van der Waals surface area contributed by atoms with E-state index in [1.807, 2.05) is 31.2 Å². The molecule has 0 bridgehead atoms. The summed E-state index contributed by atoms with van der Waals surface area (Å²) in [5, 5.41) is 3.60. The summed E-state index contributed by atoms with van der Waals surface area (Å²) in [6, 6.07) is 21.0. The molecule has 0 saturated carbocycles. The Bertz CT molecular complexity index is 732. The standard InChI is InChI=1S/C22H27BN2O/c1-3-19(4-2)23-25-21(18-13-9-6-10-14-18)16-22(26-23)20(24)15-17-11-7-5-8-12-17/h3-14,20-22,25H,1,15-16,24H2,2H3. The van der Waals surface area contributed by atoms with E-state index in [1.54, 1.807) is 0 Å². The molecule has 1 aliphatic rings. The average molecular weight is 346 g/mol. The highest BCUT2D eigenvalue weighted by molar-refractivity contribution is 6.59. The van der Waals surface area contributed by atoms with Gasteiger partial charge in [-0.25, -0.2) is 0 Å². The molecule has 0 radical (unpaired) electrons. The van der Waals surface area contributed by atoms with Crippen LogP contribution in [-0.2, 0) is 11.1 Å². The molecule has 0 aromatic heterocycles. The maximum absolute atomic E-state index is 6.57. The summed E-state index contributed by atoms with van der Waals surface area (Å²) in [5.74, 6) is 0. The smallest absolute Gasteiger partial charge is 0.413 e. The van der Waals surface area contributed by atoms with Crippen molar-refractivity contribution >= 4 is 7.05 Å². The van der Waals surface area contributed by atoms with Gasteiger partial charge in [0.1, 0.15) is 0 Å². The largest absolute Gasteiger partial charge is 0.416 e. The fraction of sp³-hybridized carbons (Fsp3) is 0.273. The molecule has 0 amide bonds. The number of allylic oxidation sites excluding steroid dienone is 3. The van der Waals surface area contributed by atoms with Crippen LogP contribution >= 0.6 is 0 Å². The summed E-state index contributed by atoms with van der Waals surface area (Å²) in [6.07, 6.45) is 5.52. The van der Waals surface area contributed by atoms with E-state index in [4.69, 9.17) is 10.4 Å². The second kappa shape index (κ2) is 8.99. The SMILES string of the molecule is C=CC(=CC)B1NC(c2ccccc2)CC(C(N)Cc2ccccc2)O1. The molecule has 3 nitrogen and oxygen atoms in total. The van der Waals surface area contributed by atoms with Crippen molar-refractivity contribution in [2.45, 2.75) is 38.0 Å². The molecule has 0 spiro atoms. The van der Waals surface area contributed by atoms with E-state index < -0.39 is 0 Å². The molecular formula is C22H27BN2O. The molecule has 134 valence electrons. The molecule has 0 aliphatic carbocycles. The molecule has 2 aromatic carbocycles. The van der Waals surface area contributed by atoms with Crippen LogP contribution in [0.2, 0.25) is 0 Å². The molecule has 3 atom stereocenters. The van der Waals surface area contributed by atoms with Gasteiger partial charge in [-0.05, 0) is 36.4 Å².